The smallest absolute Gasteiger partial charge is 0.273 e. The van der Waals surface area contributed by atoms with Crippen molar-refractivity contribution in [3.63, 3.8) is 0 Å². The van der Waals surface area contributed by atoms with E-state index in [2.05, 4.69) is 42.0 Å². The number of hydrogen-bond acceptors (Lipinski definition) is 4. The first-order valence-corrected chi connectivity index (χ1v) is 7.99. The highest BCUT2D eigenvalue weighted by atomic mass is 79.9. The molecule has 21 heavy (non-hydrogen) atoms. The molecule has 1 fully saturated rings. The number of benzene rings is 1. The number of nitrogens with zero attached hydrogens (tertiary/aromatic N) is 1. The van der Waals surface area contributed by atoms with Gasteiger partial charge in [0.2, 0.25) is 0 Å². The van der Waals surface area contributed by atoms with Crippen LogP contribution < -0.4 is 10.1 Å². The van der Waals surface area contributed by atoms with Crippen LogP contribution in [0.1, 0.15) is 33.6 Å². The van der Waals surface area contributed by atoms with Gasteiger partial charge in [0.05, 0.1) is 15.5 Å². The monoisotopic (exact) mass is 356 g/mol. The van der Waals surface area contributed by atoms with E-state index < -0.39 is 4.92 Å². The van der Waals surface area contributed by atoms with Gasteiger partial charge in [0.1, 0.15) is 11.9 Å². The Kier molecular flexibility index (Phi) is 4.88. The molecule has 2 unspecified atom stereocenters. The second kappa shape index (κ2) is 6.32. The Hall–Kier alpha value is -1.14. The van der Waals surface area contributed by atoms with E-state index in [1.54, 1.807) is 6.07 Å². The van der Waals surface area contributed by atoms with Crippen molar-refractivity contribution in [1.29, 1.82) is 0 Å². The number of nitro benzene ring substituents is 1. The molecular formula is C15H21BrN2O3. The molecule has 0 heterocycles. The standard InChI is InChI=1S/C15H21BrN2O3/c1-4-7-17-13-9-14(15(13,2)3)21-12-8-10(18(19)20)5-6-11(12)16/h5-6,8,13-14,17H,4,7,9H2,1-3H3. The SMILES string of the molecule is CCCNC1CC(Oc2cc([N+](=O)[O-])ccc2Br)C1(C)C. The minimum Gasteiger partial charge on any atom is -0.488 e. The largest absolute Gasteiger partial charge is 0.488 e. The summed E-state index contributed by atoms with van der Waals surface area (Å²) in [4.78, 5) is 10.5. The summed E-state index contributed by atoms with van der Waals surface area (Å²) in [6.07, 6.45) is 2.08. The van der Waals surface area contributed by atoms with Gasteiger partial charge in [0.25, 0.3) is 5.69 Å². The van der Waals surface area contributed by atoms with E-state index in [0.29, 0.717) is 11.8 Å². The molecule has 1 N–H and O–H groups in total. The van der Waals surface area contributed by atoms with Crippen molar-refractivity contribution in [3.05, 3.63) is 32.8 Å². The van der Waals surface area contributed by atoms with Crippen molar-refractivity contribution in [3.8, 4) is 5.75 Å². The predicted octanol–water partition coefficient (Wildman–Crippen LogP) is 3.90. The molecule has 5 nitrogen and oxygen atoms in total. The fourth-order valence-electron chi connectivity index (χ4n) is 2.60. The third-order valence-corrected chi connectivity index (χ3v) is 4.87. The first kappa shape index (κ1) is 16.2. The first-order chi connectivity index (χ1) is 9.86. The van der Waals surface area contributed by atoms with Crippen molar-refractivity contribution in [2.24, 2.45) is 5.41 Å². The zero-order valence-corrected chi connectivity index (χ0v) is 14.1. The molecule has 0 radical (unpaired) electrons. The lowest BCUT2D eigenvalue weighted by Gasteiger charge is -2.51. The molecule has 6 heteroatoms. The van der Waals surface area contributed by atoms with E-state index in [1.165, 1.54) is 12.1 Å². The number of non-ortho nitro benzene ring substituents is 1. The Bertz CT molecular complexity index is 534. The minimum absolute atomic E-state index is 0.0131. The van der Waals surface area contributed by atoms with E-state index in [1.807, 2.05) is 0 Å². The van der Waals surface area contributed by atoms with Crippen LogP contribution in [0.3, 0.4) is 0 Å². The topological polar surface area (TPSA) is 64.4 Å². The second-order valence-corrected chi connectivity index (χ2v) is 6.90. The summed E-state index contributed by atoms with van der Waals surface area (Å²) in [6, 6.07) is 5.04. The quantitative estimate of drug-likeness (QED) is 0.619. The third-order valence-electron chi connectivity index (χ3n) is 4.21. The predicted molar refractivity (Wildman–Crippen MR) is 85.7 cm³/mol. The molecule has 2 rings (SSSR count). The Labute approximate surface area is 133 Å². The molecule has 0 saturated heterocycles. The van der Waals surface area contributed by atoms with Gasteiger partial charge in [-0.2, -0.15) is 0 Å². The van der Waals surface area contributed by atoms with E-state index in [9.17, 15) is 10.1 Å². The van der Waals surface area contributed by atoms with Gasteiger partial charge >= 0.3 is 0 Å². The Balaban J connectivity index is 2.06. The zero-order valence-electron chi connectivity index (χ0n) is 12.6. The van der Waals surface area contributed by atoms with Crippen LogP contribution in [0, 0.1) is 15.5 Å². The normalized spacial score (nSPS) is 23.4. The van der Waals surface area contributed by atoms with Gasteiger partial charge in [-0.3, -0.25) is 10.1 Å². The van der Waals surface area contributed by atoms with Crippen LogP contribution in [-0.2, 0) is 0 Å². The number of nitro groups is 1. The highest BCUT2D eigenvalue weighted by molar-refractivity contribution is 9.10. The van der Waals surface area contributed by atoms with Crippen LogP contribution in [0.15, 0.2) is 22.7 Å². The van der Waals surface area contributed by atoms with Crippen molar-refractivity contribution >= 4 is 21.6 Å². The van der Waals surface area contributed by atoms with Crippen LogP contribution in [0.4, 0.5) is 5.69 Å². The summed E-state index contributed by atoms with van der Waals surface area (Å²) in [5.74, 6) is 0.538. The molecular weight excluding hydrogens is 336 g/mol. The lowest BCUT2D eigenvalue weighted by Crippen LogP contribution is -2.62. The van der Waals surface area contributed by atoms with Crippen molar-refractivity contribution in [2.45, 2.75) is 45.8 Å². The maximum atomic E-state index is 10.9. The fraction of sp³-hybridized carbons (Fsp3) is 0.600. The second-order valence-electron chi connectivity index (χ2n) is 6.04. The lowest BCUT2D eigenvalue weighted by molar-refractivity contribution is -0.385. The van der Waals surface area contributed by atoms with Gasteiger partial charge in [-0.15, -0.1) is 0 Å². The highest BCUT2D eigenvalue weighted by Crippen LogP contribution is 2.44. The molecule has 1 aliphatic carbocycles. The number of nitrogens with one attached hydrogen (secondary N) is 1. The molecule has 0 spiro atoms. The summed E-state index contributed by atoms with van der Waals surface area (Å²) < 4.78 is 6.75. The highest BCUT2D eigenvalue weighted by Gasteiger charge is 2.49. The van der Waals surface area contributed by atoms with Gasteiger partial charge in [-0.05, 0) is 35.0 Å². The van der Waals surface area contributed by atoms with Crippen LogP contribution >= 0.6 is 15.9 Å². The van der Waals surface area contributed by atoms with E-state index in [-0.39, 0.29) is 17.2 Å². The third kappa shape index (κ3) is 3.37. The Morgan fingerprint density at radius 2 is 2.24 bits per heavy atom. The Morgan fingerprint density at radius 3 is 2.81 bits per heavy atom. The van der Waals surface area contributed by atoms with Crippen LogP contribution in [0.2, 0.25) is 0 Å². The van der Waals surface area contributed by atoms with E-state index in [4.69, 9.17) is 4.74 Å². The summed E-state index contributed by atoms with van der Waals surface area (Å²) in [5, 5.41) is 14.4. The van der Waals surface area contributed by atoms with Crippen LogP contribution in [0.25, 0.3) is 0 Å². The van der Waals surface area contributed by atoms with Gasteiger partial charge in [-0.1, -0.05) is 20.8 Å². The van der Waals surface area contributed by atoms with E-state index in [0.717, 1.165) is 23.9 Å². The van der Waals surface area contributed by atoms with Gasteiger partial charge in [0, 0.05) is 23.9 Å². The average Bonchev–Trinajstić information content (AvgIpc) is 2.43. The molecule has 1 aromatic carbocycles. The van der Waals surface area contributed by atoms with E-state index >= 15 is 0 Å². The van der Waals surface area contributed by atoms with Crippen LogP contribution in [0.5, 0.6) is 5.75 Å². The summed E-state index contributed by atoms with van der Waals surface area (Å²) in [7, 11) is 0. The summed E-state index contributed by atoms with van der Waals surface area (Å²) in [6.45, 7) is 7.48. The molecule has 0 bridgehead atoms. The van der Waals surface area contributed by atoms with Crippen molar-refractivity contribution in [2.75, 3.05) is 6.54 Å². The van der Waals surface area contributed by atoms with Gasteiger partial charge in [0.15, 0.2) is 0 Å². The number of hydrogen-bond donors (Lipinski definition) is 1. The zero-order chi connectivity index (χ0) is 15.6. The van der Waals surface area contributed by atoms with Gasteiger partial charge < -0.3 is 10.1 Å². The van der Waals surface area contributed by atoms with Crippen LogP contribution in [-0.4, -0.2) is 23.6 Å². The fourth-order valence-corrected chi connectivity index (χ4v) is 2.94. The molecule has 1 saturated carbocycles. The molecule has 0 aromatic heterocycles. The Morgan fingerprint density at radius 1 is 1.52 bits per heavy atom. The summed E-state index contributed by atoms with van der Waals surface area (Å²) >= 11 is 3.39. The molecule has 0 amide bonds. The number of rotatable bonds is 6. The number of ether oxygens (including phenoxy) is 1. The molecule has 2 atom stereocenters. The minimum atomic E-state index is -0.406. The molecule has 116 valence electrons. The van der Waals surface area contributed by atoms with Gasteiger partial charge in [-0.25, -0.2) is 0 Å². The lowest BCUT2D eigenvalue weighted by atomic mass is 9.64. The molecule has 1 aromatic rings. The molecule has 1 aliphatic rings. The molecule has 0 aliphatic heterocycles. The van der Waals surface area contributed by atoms with Crippen molar-refractivity contribution in [1.82, 2.24) is 5.32 Å². The average molecular weight is 357 g/mol. The first-order valence-electron chi connectivity index (χ1n) is 7.20. The van der Waals surface area contributed by atoms with Crippen molar-refractivity contribution < 1.29 is 9.66 Å². The number of halogens is 1. The maximum absolute atomic E-state index is 10.9. The summed E-state index contributed by atoms with van der Waals surface area (Å²) in [5.41, 5.74) is 0.0603. The maximum Gasteiger partial charge on any atom is 0.273 e.